The van der Waals surface area contributed by atoms with Crippen molar-refractivity contribution in [2.45, 2.75) is 18.9 Å². The molecule has 0 bridgehead atoms. The predicted molar refractivity (Wildman–Crippen MR) is 86.9 cm³/mol. The highest BCUT2D eigenvalue weighted by atomic mass is 35.5. The predicted octanol–water partition coefficient (Wildman–Crippen LogP) is 2.85. The van der Waals surface area contributed by atoms with E-state index in [1.54, 1.807) is 18.2 Å². The number of benzene rings is 1. The average molecular weight is 346 g/mol. The lowest BCUT2D eigenvalue weighted by molar-refractivity contribution is 0.0705. The van der Waals surface area contributed by atoms with Crippen molar-refractivity contribution in [3.63, 3.8) is 0 Å². The Labute approximate surface area is 140 Å². The molecule has 2 fully saturated rings. The van der Waals surface area contributed by atoms with Gasteiger partial charge >= 0.3 is 0 Å². The molecular weight excluding hydrogens is 325 g/mol. The summed E-state index contributed by atoms with van der Waals surface area (Å²) in [4.78, 5) is 2.30. The summed E-state index contributed by atoms with van der Waals surface area (Å²) in [6.07, 6.45) is 1.75. The molecule has 0 aromatic heterocycles. The summed E-state index contributed by atoms with van der Waals surface area (Å²) in [6.45, 7) is 4.59. The quantitative estimate of drug-likeness (QED) is 0.890. The molecule has 4 nitrogen and oxygen atoms in total. The first-order valence-electron chi connectivity index (χ1n) is 7.62. The monoisotopic (exact) mass is 345 g/mol. The Morgan fingerprint density at radius 3 is 2.95 bits per heavy atom. The lowest BCUT2D eigenvalue weighted by Crippen LogP contribution is -2.36. The molecule has 1 aromatic rings. The number of hydrogen-bond donors (Lipinski definition) is 1. The molecule has 1 spiro atoms. The summed E-state index contributed by atoms with van der Waals surface area (Å²) in [5.74, 6) is 0.548. The minimum atomic E-state index is -0.538. The van der Waals surface area contributed by atoms with Crippen LogP contribution in [-0.2, 0) is 4.74 Å². The SMILES string of the molecule is OC(COc1ccc(Cl)cc1Cl)CN1CCC2(CCOC2)C1. The highest BCUT2D eigenvalue weighted by molar-refractivity contribution is 6.35. The second-order valence-corrected chi connectivity index (χ2v) is 7.17. The van der Waals surface area contributed by atoms with E-state index in [0.717, 1.165) is 39.1 Å². The second kappa shape index (κ2) is 6.93. The molecule has 0 amide bonds. The second-order valence-electron chi connectivity index (χ2n) is 6.33. The molecule has 0 radical (unpaired) electrons. The molecule has 122 valence electrons. The van der Waals surface area contributed by atoms with Gasteiger partial charge in [-0.3, -0.25) is 4.90 Å². The lowest BCUT2D eigenvalue weighted by Gasteiger charge is -2.24. The third-order valence-corrected chi connectivity index (χ3v) is 5.03. The highest BCUT2D eigenvalue weighted by Gasteiger charge is 2.41. The Kier molecular flexibility index (Phi) is 5.15. The molecule has 2 aliphatic rings. The van der Waals surface area contributed by atoms with E-state index in [1.807, 2.05) is 0 Å². The fourth-order valence-corrected chi connectivity index (χ4v) is 3.75. The zero-order valence-corrected chi connectivity index (χ0v) is 13.9. The van der Waals surface area contributed by atoms with Crippen LogP contribution >= 0.6 is 23.2 Å². The highest BCUT2D eigenvalue weighted by Crippen LogP contribution is 2.38. The van der Waals surface area contributed by atoms with E-state index >= 15 is 0 Å². The van der Waals surface area contributed by atoms with Gasteiger partial charge in [-0.05, 0) is 37.6 Å². The molecule has 2 heterocycles. The lowest BCUT2D eigenvalue weighted by atomic mass is 9.87. The first-order valence-corrected chi connectivity index (χ1v) is 8.38. The Morgan fingerprint density at radius 1 is 1.36 bits per heavy atom. The van der Waals surface area contributed by atoms with Gasteiger partial charge in [0.25, 0.3) is 0 Å². The van der Waals surface area contributed by atoms with E-state index in [2.05, 4.69) is 4.90 Å². The van der Waals surface area contributed by atoms with E-state index in [-0.39, 0.29) is 6.61 Å². The Bertz CT molecular complexity index is 520. The number of aliphatic hydroxyl groups is 1. The molecule has 1 aromatic carbocycles. The standard InChI is InChI=1S/C16H21Cl2NO3/c17-12-1-2-15(14(18)7-12)22-9-13(20)8-19-5-3-16(10-19)4-6-21-11-16/h1-2,7,13,20H,3-6,8-11H2. The van der Waals surface area contributed by atoms with Crippen molar-refractivity contribution in [2.75, 3.05) is 39.5 Å². The fourth-order valence-electron chi connectivity index (χ4n) is 3.28. The van der Waals surface area contributed by atoms with Gasteiger partial charge in [0.2, 0.25) is 0 Å². The van der Waals surface area contributed by atoms with Crippen LogP contribution in [-0.4, -0.2) is 55.6 Å². The molecule has 0 aliphatic carbocycles. The molecule has 0 saturated carbocycles. The molecule has 2 saturated heterocycles. The van der Waals surface area contributed by atoms with Crippen molar-refractivity contribution >= 4 is 23.2 Å². The van der Waals surface area contributed by atoms with Gasteiger partial charge in [-0.1, -0.05) is 23.2 Å². The molecule has 3 rings (SSSR count). The summed E-state index contributed by atoms with van der Waals surface area (Å²) in [5, 5.41) is 11.2. The number of ether oxygens (including phenoxy) is 2. The van der Waals surface area contributed by atoms with Crippen molar-refractivity contribution in [1.29, 1.82) is 0 Å². The maximum absolute atomic E-state index is 10.2. The summed E-state index contributed by atoms with van der Waals surface area (Å²) >= 11 is 11.9. The maximum atomic E-state index is 10.2. The Morgan fingerprint density at radius 2 is 2.23 bits per heavy atom. The molecule has 2 atom stereocenters. The first-order chi connectivity index (χ1) is 10.6. The summed E-state index contributed by atoms with van der Waals surface area (Å²) in [5.41, 5.74) is 0.320. The minimum absolute atomic E-state index is 0.224. The van der Waals surface area contributed by atoms with Crippen molar-refractivity contribution < 1.29 is 14.6 Å². The third-order valence-electron chi connectivity index (χ3n) is 4.50. The molecule has 22 heavy (non-hydrogen) atoms. The minimum Gasteiger partial charge on any atom is -0.489 e. The zero-order chi connectivity index (χ0) is 15.6. The molecule has 2 unspecified atom stereocenters. The first kappa shape index (κ1) is 16.3. The Balaban J connectivity index is 1.45. The molecule has 2 aliphatic heterocycles. The van der Waals surface area contributed by atoms with Gasteiger partial charge < -0.3 is 14.6 Å². The van der Waals surface area contributed by atoms with Crippen molar-refractivity contribution in [3.05, 3.63) is 28.2 Å². The van der Waals surface area contributed by atoms with Gasteiger partial charge in [0.1, 0.15) is 18.5 Å². The fraction of sp³-hybridized carbons (Fsp3) is 0.625. The van der Waals surface area contributed by atoms with Crippen LogP contribution in [0.5, 0.6) is 5.75 Å². The smallest absolute Gasteiger partial charge is 0.138 e. The average Bonchev–Trinajstić information content (AvgIpc) is 3.09. The number of likely N-dealkylation sites (tertiary alicyclic amines) is 1. The summed E-state index contributed by atoms with van der Waals surface area (Å²) in [7, 11) is 0. The van der Waals surface area contributed by atoms with Gasteiger partial charge in [-0.25, -0.2) is 0 Å². The topological polar surface area (TPSA) is 41.9 Å². The third kappa shape index (κ3) is 3.87. The summed E-state index contributed by atoms with van der Waals surface area (Å²) in [6, 6.07) is 5.08. The van der Waals surface area contributed by atoms with Crippen LogP contribution in [0.2, 0.25) is 10.0 Å². The van der Waals surface area contributed by atoms with E-state index in [9.17, 15) is 5.11 Å². The van der Waals surface area contributed by atoms with Crippen molar-refractivity contribution in [1.82, 2.24) is 4.90 Å². The van der Waals surface area contributed by atoms with Gasteiger partial charge in [0, 0.05) is 30.1 Å². The normalized spacial score (nSPS) is 26.7. The largest absolute Gasteiger partial charge is 0.489 e. The van der Waals surface area contributed by atoms with Gasteiger partial charge in [-0.15, -0.1) is 0 Å². The van der Waals surface area contributed by atoms with Crippen LogP contribution < -0.4 is 4.74 Å². The number of β-amino-alcohol motifs (C(OH)–C–C–N with tert-alkyl or cyclic N) is 1. The van der Waals surface area contributed by atoms with Crippen LogP contribution in [0, 0.1) is 5.41 Å². The van der Waals surface area contributed by atoms with Gasteiger partial charge in [-0.2, -0.15) is 0 Å². The van der Waals surface area contributed by atoms with Gasteiger partial charge in [0.15, 0.2) is 0 Å². The van der Waals surface area contributed by atoms with E-state index in [4.69, 9.17) is 32.7 Å². The molecule has 1 N–H and O–H groups in total. The van der Waals surface area contributed by atoms with E-state index in [1.165, 1.54) is 0 Å². The molecule has 6 heteroatoms. The van der Waals surface area contributed by atoms with Crippen molar-refractivity contribution in [2.24, 2.45) is 5.41 Å². The van der Waals surface area contributed by atoms with Crippen LogP contribution in [0.25, 0.3) is 0 Å². The Hall–Kier alpha value is -0.520. The number of hydrogen-bond acceptors (Lipinski definition) is 4. The molecular formula is C16H21Cl2NO3. The number of rotatable bonds is 5. The van der Waals surface area contributed by atoms with Crippen LogP contribution in [0.4, 0.5) is 0 Å². The number of nitrogens with zero attached hydrogens (tertiary/aromatic N) is 1. The zero-order valence-electron chi connectivity index (χ0n) is 12.4. The number of halogens is 2. The summed E-state index contributed by atoms with van der Waals surface area (Å²) < 4.78 is 11.1. The van der Waals surface area contributed by atoms with E-state index in [0.29, 0.717) is 27.8 Å². The maximum Gasteiger partial charge on any atom is 0.138 e. The van der Waals surface area contributed by atoms with Crippen molar-refractivity contribution in [3.8, 4) is 5.75 Å². The van der Waals surface area contributed by atoms with E-state index < -0.39 is 6.10 Å². The van der Waals surface area contributed by atoms with Gasteiger partial charge in [0.05, 0.1) is 11.6 Å². The van der Waals surface area contributed by atoms with Crippen LogP contribution in [0.3, 0.4) is 0 Å². The van der Waals surface area contributed by atoms with Crippen LogP contribution in [0.15, 0.2) is 18.2 Å². The number of aliphatic hydroxyl groups excluding tert-OH is 1. The van der Waals surface area contributed by atoms with Crippen LogP contribution in [0.1, 0.15) is 12.8 Å².